The first-order chi connectivity index (χ1) is 17.0. The van der Waals surface area contributed by atoms with Crippen LogP contribution in [0.25, 0.3) is 5.76 Å². The standard InChI is InChI=1S/C28H24O7/c1-32-21-16-10-15-20(17-21)23-22(24(29)18-11-6-4-7-12-18)25(19-13-8-5-9-14-19)35-28(23,26(30)33-2)27(31)34-3/h4-17,23H,1-3H3. The number of hydrogen-bond donors (Lipinski definition) is 0. The zero-order chi connectivity index (χ0) is 25.0. The number of hydrogen-bond acceptors (Lipinski definition) is 7. The topological polar surface area (TPSA) is 88.1 Å². The van der Waals surface area contributed by atoms with Crippen molar-refractivity contribution >= 4 is 23.5 Å². The summed E-state index contributed by atoms with van der Waals surface area (Å²) in [5.74, 6) is -2.97. The molecule has 0 bridgehead atoms. The zero-order valence-corrected chi connectivity index (χ0v) is 19.5. The summed E-state index contributed by atoms with van der Waals surface area (Å²) in [6.45, 7) is 0. The summed E-state index contributed by atoms with van der Waals surface area (Å²) in [6.07, 6.45) is 0. The first kappa shape index (κ1) is 23.8. The van der Waals surface area contributed by atoms with E-state index >= 15 is 0 Å². The fraction of sp³-hybridized carbons (Fsp3) is 0.179. The van der Waals surface area contributed by atoms with Gasteiger partial charge in [-0.05, 0) is 17.7 Å². The molecule has 0 saturated carbocycles. The van der Waals surface area contributed by atoms with Crippen LogP contribution in [-0.2, 0) is 23.8 Å². The van der Waals surface area contributed by atoms with Crippen LogP contribution in [0.5, 0.6) is 5.75 Å². The van der Waals surface area contributed by atoms with E-state index in [0.717, 1.165) is 14.2 Å². The van der Waals surface area contributed by atoms with Gasteiger partial charge in [0.25, 0.3) is 0 Å². The Kier molecular flexibility index (Phi) is 6.68. The number of esters is 2. The zero-order valence-electron chi connectivity index (χ0n) is 19.5. The lowest BCUT2D eigenvalue weighted by Gasteiger charge is -2.30. The predicted octanol–water partition coefficient (Wildman–Crippen LogP) is 4.19. The summed E-state index contributed by atoms with van der Waals surface area (Å²) in [7, 11) is 3.80. The van der Waals surface area contributed by atoms with Crippen molar-refractivity contribution in [3.8, 4) is 5.75 Å². The van der Waals surface area contributed by atoms with Crippen molar-refractivity contribution in [2.24, 2.45) is 0 Å². The molecule has 7 heteroatoms. The molecule has 0 aromatic heterocycles. The van der Waals surface area contributed by atoms with Gasteiger partial charge in [0.1, 0.15) is 11.5 Å². The van der Waals surface area contributed by atoms with Crippen molar-refractivity contribution in [2.45, 2.75) is 11.5 Å². The quantitative estimate of drug-likeness (QED) is 0.289. The van der Waals surface area contributed by atoms with Crippen LogP contribution < -0.4 is 4.74 Å². The summed E-state index contributed by atoms with van der Waals surface area (Å²) in [6, 6.07) is 24.2. The molecule has 1 atom stereocenters. The van der Waals surface area contributed by atoms with Crippen molar-refractivity contribution in [1.29, 1.82) is 0 Å². The van der Waals surface area contributed by atoms with Gasteiger partial charge in [-0.25, -0.2) is 9.59 Å². The highest BCUT2D eigenvalue weighted by Gasteiger charge is 2.65. The summed E-state index contributed by atoms with van der Waals surface area (Å²) >= 11 is 0. The van der Waals surface area contributed by atoms with Crippen molar-refractivity contribution in [2.75, 3.05) is 21.3 Å². The minimum atomic E-state index is -2.29. The second-order valence-electron chi connectivity index (χ2n) is 7.83. The molecule has 1 aliphatic rings. The van der Waals surface area contributed by atoms with E-state index in [4.69, 9.17) is 18.9 Å². The molecule has 4 rings (SSSR count). The Morgan fingerprint density at radius 3 is 1.94 bits per heavy atom. The average molecular weight is 472 g/mol. The highest BCUT2D eigenvalue weighted by atomic mass is 16.6. The van der Waals surface area contributed by atoms with Gasteiger partial charge in [-0.1, -0.05) is 72.8 Å². The van der Waals surface area contributed by atoms with E-state index in [1.165, 1.54) is 7.11 Å². The SMILES string of the molecule is COC(=O)C1(C(=O)OC)OC(c2ccccc2)=C(C(=O)c2ccccc2)C1c1cccc(OC)c1. The van der Waals surface area contributed by atoms with Crippen LogP contribution in [-0.4, -0.2) is 44.7 Å². The summed E-state index contributed by atoms with van der Waals surface area (Å²) in [5, 5.41) is 0. The molecule has 0 N–H and O–H groups in total. The van der Waals surface area contributed by atoms with Crippen LogP contribution in [0, 0.1) is 0 Å². The molecule has 0 amide bonds. The molecule has 0 saturated heterocycles. The number of carbonyl (C=O) groups is 3. The van der Waals surface area contributed by atoms with Crippen LogP contribution in [0.4, 0.5) is 0 Å². The van der Waals surface area contributed by atoms with Crippen molar-refractivity contribution in [3.63, 3.8) is 0 Å². The molecule has 35 heavy (non-hydrogen) atoms. The van der Waals surface area contributed by atoms with Gasteiger partial charge in [0.2, 0.25) is 0 Å². The lowest BCUT2D eigenvalue weighted by atomic mass is 9.75. The Bertz CT molecular complexity index is 1260. The Labute approximate surface area is 202 Å². The molecule has 178 valence electrons. The van der Waals surface area contributed by atoms with E-state index in [1.54, 1.807) is 78.9 Å². The molecule has 1 unspecified atom stereocenters. The first-order valence-electron chi connectivity index (χ1n) is 10.9. The van der Waals surface area contributed by atoms with E-state index < -0.39 is 29.2 Å². The smallest absolute Gasteiger partial charge is 0.363 e. The van der Waals surface area contributed by atoms with Crippen molar-refractivity contribution < 1.29 is 33.3 Å². The normalized spacial score (nSPS) is 16.3. The van der Waals surface area contributed by atoms with E-state index in [0.29, 0.717) is 22.4 Å². The Morgan fingerprint density at radius 1 is 0.771 bits per heavy atom. The summed E-state index contributed by atoms with van der Waals surface area (Å²) in [5.41, 5.74) is -0.815. The maximum absolute atomic E-state index is 14.0. The number of rotatable bonds is 7. The van der Waals surface area contributed by atoms with Gasteiger partial charge in [0, 0.05) is 11.1 Å². The average Bonchev–Trinajstić information content (AvgIpc) is 3.30. The third-order valence-electron chi connectivity index (χ3n) is 5.92. The largest absolute Gasteiger partial charge is 0.497 e. The summed E-state index contributed by atoms with van der Waals surface area (Å²) in [4.78, 5) is 40.7. The third-order valence-corrected chi connectivity index (χ3v) is 5.92. The second-order valence-corrected chi connectivity index (χ2v) is 7.83. The van der Waals surface area contributed by atoms with Crippen molar-refractivity contribution in [3.05, 3.63) is 107 Å². The van der Waals surface area contributed by atoms with Crippen LogP contribution in [0.1, 0.15) is 27.4 Å². The second kappa shape index (κ2) is 9.85. The minimum absolute atomic E-state index is 0.100. The van der Waals surface area contributed by atoms with Gasteiger partial charge < -0.3 is 18.9 Å². The first-order valence-corrected chi connectivity index (χ1v) is 10.9. The van der Waals surface area contributed by atoms with Crippen molar-refractivity contribution in [1.82, 2.24) is 0 Å². The highest BCUT2D eigenvalue weighted by molar-refractivity contribution is 6.19. The fourth-order valence-electron chi connectivity index (χ4n) is 4.32. The number of carbonyl (C=O) groups excluding carboxylic acids is 3. The van der Waals surface area contributed by atoms with Crippen LogP contribution in [0.2, 0.25) is 0 Å². The van der Waals surface area contributed by atoms with Crippen LogP contribution >= 0.6 is 0 Å². The molecule has 7 nitrogen and oxygen atoms in total. The van der Waals surface area contributed by atoms with Crippen LogP contribution in [0.3, 0.4) is 0 Å². The van der Waals surface area contributed by atoms with E-state index in [-0.39, 0.29) is 11.3 Å². The predicted molar refractivity (Wildman–Crippen MR) is 128 cm³/mol. The number of methoxy groups -OCH3 is 3. The van der Waals surface area contributed by atoms with E-state index in [2.05, 4.69) is 0 Å². The maximum atomic E-state index is 14.0. The Hall–Kier alpha value is -4.39. The van der Waals surface area contributed by atoms with Gasteiger partial charge in [-0.2, -0.15) is 0 Å². The molecule has 0 spiro atoms. The molecule has 0 radical (unpaired) electrons. The molecule has 1 aliphatic heterocycles. The maximum Gasteiger partial charge on any atom is 0.363 e. The molecule has 3 aromatic rings. The number of Topliss-reactive ketones (excluding diaryl/α,β-unsaturated/α-hetero) is 1. The van der Waals surface area contributed by atoms with Gasteiger partial charge >= 0.3 is 17.5 Å². The van der Waals surface area contributed by atoms with Gasteiger partial charge in [0.05, 0.1) is 32.8 Å². The van der Waals surface area contributed by atoms with Crippen LogP contribution in [0.15, 0.2) is 90.5 Å². The molecule has 0 aliphatic carbocycles. The number of benzene rings is 3. The lowest BCUT2D eigenvalue weighted by molar-refractivity contribution is -0.179. The third kappa shape index (κ3) is 4.05. The van der Waals surface area contributed by atoms with E-state index in [9.17, 15) is 14.4 Å². The summed E-state index contributed by atoms with van der Waals surface area (Å²) < 4.78 is 21.7. The minimum Gasteiger partial charge on any atom is -0.497 e. The van der Waals surface area contributed by atoms with Gasteiger partial charge in [-0.15, -0.1) is 0 Å². The number of ketones is 1. The monoisotopic (exact) mass is 472 g/mol. The van der Waals surface area contributed by atoms with E-state index in [1.807, 2.05) is 6.07 Å². The fourth-order valence-corrected chi connectivity index (χ4v) is 4.32. The Balaban J connectivity index is 2.08. The molecular formula is C28H24O7. The molecular weight excluding hydrogens is 448 g/mol. The molecule has 3 aromatic carbocycles. The molecule has 0 fully saturated rings. The Morgan fingerprint density at radius 2 is 1.37 bits per heavy atom. The number of ether oxygens (including phenoxy) is 4. The molecule has 1 heterocycles. The van der Waals surface area contributed by atoms with Gasteiger partial charge in [0.15, 0.2) is 5.78 Å². The highest BCUT2D eigenvalue weighted by Crippen LogP contribution is 2.52. The lowest BCUT2D eigenvalue weighted by Crippen LogP contribution is -2.53. The van der Waals surface area contributed by atoms with Gasteiger partial charge in [-0.3, -0.25) is 4.79 Å².